The number of rotatable bonds is 10. The standard InChI is InChI=1S/C14H22N2O6S/c1-20-12-6-4-5-11(9-12)14(17)15-7-8-23(18,19)16-10-13(21-2)22-3/h4-6,9,13,16H,7-8,10H2,1-3H3,(H,15,17). The first-order chi connectivity index (χ1) is 10.9. The molecular formula is C14H22N2O6S. The highest BCUT2D eigenvalue weighted by atomic mass is 32.2. The van der Waals surface area contributed by atoms with Crippen LogP contribution in [0.3, 0.4) is 0 Å². The zero-order chi connectivity index (χ0) is 17.3. The molecule has 0 aliphatic rings. The average molecular weight is 346 g/mol. The van der Waals surface area contributed by atoms with Crippen molar-refractivity contribution >= 4 is 15.9 Å². The SMILES string of the molecule is COc1cccc(C(=O)NCCS(=O)(=O)NCC(OC)OC)c1. The minimum absolute atomic E-state index is 0.000829. The molecule has 1 aromatic rings. The molecule has 0 spiro atoms. The van der Waals surface area contributed by atoms with Crippen molar-refractivity contribution in [1.29, 1.82) is 0 Å². The Morgan fingerprint density at radius 2 is 1.91 bits per heavy atom. The van der Waals surface area contributed by atoms with Gasteiger partial charge in [-0.05, 0) is 18.2 Å². The molecule has 9 heteroatoms. The smallest absolute Gasteiger partial charge is 0.251 e. The van der Waals surface area contributed by atoms with Gasteiger partial charge in [0, 0.05) is 26.3 Å². The summed E-state index contributed by atoms with van der Waals surface area (Å²) in [7, 11) is 0.793. The number of hydrogen-bond donors (Lipinski definition) is 2. The minimum Gasteiger partial charge on any atom is -0.497 e. The van der Waals surface area contributed by atoms with E-state index in [1.807, 2.05) is 0 Å². The highest BCUT2D eigenvalue weighted by molar-refractivity contribution is 7.89. The Kier molecular flexibility index (Phi) is 7.96. The molecule has 0 unspecified atom stereocenters. The predicted octanol–water partition coefficient (Wildman–Crippen LogP) is -0.0367. The molecular weight excluding hydrogens is 324 g/mol. The van der Waals surface area contributed by atoms with E-state index < -0.39 is 16.3 Å². The fourth-order valence-electron chi connectivity index (χ4n) is 1.70. The lowest BCUT2D eigenvalue weighted by Gasteiger charge is -2.14. The first-order valence-electron chi connectivity index (χ1n) is 6.87. The molecule has 0 radical (unpaired) electrons. The summed E-state index contributed by atoms with van der Waals surface area (Å²) in [5.41, 5.74) is 0.397. The maximum Gasteiger partial charge on any atom is 0.251 e. The molecule has 0 atom stereocenters. The molecule has 130 valence electrons. The molecule has 1 aromatic carbocycles. The van der Waals surface area contributed by atoms with Crippen LogP contribution >= 0.6 is 0 Å². The third kappa shape index (κ3) is 6.95. The van der Waals surface area contributed by atoms with Gasteiger partial charge in [-0.15, -0.1) is 0 Å². The van der Waals surface area contributed by atoms with E-state index in [9.17, 15) is 13.2 Å². The molecule has 0 saturated carbocycles. The molecule has 1 amide bonds. The second-order valence-corrected chi connectivity index (χ2v) is 6.48. The van der Waals surface area contributed by atoms with Gasteiger partial charge in [0.1, 0.15) is 5.75 Å². The Balaban J connectivity index is 2.44. The summed E-state index contributed by atoms with van der Waals surface area (Å²) in [6.45, 7) is -0.0187. The average Bonchev–Trinajstić information content (AvgIpc) is 2.55. The predicted molar refractivity (Wildman–Crippen MR) is 84.9 cm³/mol. The van der Waals surface area contributed by atoms with Crippen molar-refractivity contribution in [2.75, 3.05) is 40.2 Å². The van der Waals surface area contributed by atoms with Gasteiger partial charge in [-0.25, -0.2) is 13.1 Å². The van der Waals surface area contributed by atoms with Crippen LogP contribution < -0.4 is 14.8 Å². The Hall–Kier alpha value is -1.68. The van der Waals surface area contributed by atoms with Crippen molar-refractivity contribution in [2.45, 2.75) is 6.29 Å². The van der Waals surface area contributed by atoms with Crippen LogP contribution in [0, 0.1) is 0 Å². The van der Waals surface area contributed by atoms with Crippen LogP contribution in [-0.4, -0.2) is 60.8 Å². The Bertz CT molecular complexity index is 601. The van der Waals surface area contributed by atoms with Crippen molar-refractivity contribution in [3.63, 3.8) is 0 Å². The maximum atomic E-state index is 11.9. The van der Waals surface area contributed by atoms with Gasteiger partial charge < -0.3 is 19.5 Å². The zero-order valence-corrected chi connectivity index (χ0v) is 14.2. The molecule has 0 saturated heterocycles. The van der Waals surface area contributed by atoms with E-state index in [4.69, 9.17) is 14.2 Å². The molecule has 0 aromatic heterocycles. The van der Waals surface area contributed by atoms with Crippen molar-refractivity contribution in [2.24, 2.45) is 0 Å². The first-order valence-corrected chi connectivity index (χ1v) is 8.52. The highest BCUT2D eigenvalue weighted by Crippen LogP contribution is 2.12. The largest absolute Gasteiger partial charge is 0.497 e. The quantitative estimate of drug-likeness (QED) is 0.577. The summed E-state index contributed by atoms with van der Waals surface area (Å²) in [4.78, 5) is 11.9. The Morgan fingerprint density at radius 3 is 2.52 bits per heavy atom. The maximum absolute atomic E-state index is 11.9. The molecule has 0 bridgehead atoms. The number of methoxy groups -OCH3 is 3. The molecule has 0 aliphatic heterocycles. The van der Waals surface area contributed by atoms with Gasteiger partial charge in [-0.3, -0.25) is 4.79 Å². The number of carbonyl (C=O) groups excluding carboxylic acids is 1. The summed E-state index contributed by atoms with van der Waals surface area (Å²) in [5, 5.41) is 2.55. The monoisotopic (exact) mass is 346 g/mol. The third-order valence-electron chi connectivity index (χ3n) is 2.98. The zero-order valence-electron chi connectivity index (χ0n) is 13.4. The van der Waals surface area contributed by atoms with E-state index in [0.29, 0.717) is 11.3 Å². The van der Waals surface area contributed by atoms with Crippen LogP contribution in [0.15, 0.2) is 24.3 Å². The number of nitrogens with one attached hydrogen (secondary N) is 2. The molecule has 0 fully saturated rings. The van der Waals surface area contributed by atoms with Crippen molar-refractivity contribution in [3.05, 3.63) is 29.8 Å². The number of benzene rings is 1. The van der Waals surface area contributed by atoms with E-state index >= 15 is 0 Å². The summed E-state index contributed by atoms with van der Waals surface area (Å²) in [5.74, 6) is -0.0640. The van der Waals surface area contributed by atoms with E-state index in [1.165, 1.54) is 21.3 Å². The highest BCUT2D eigenvalue weighted by Gasteiger charge is 2.14. The first kappa shape index (κ1) is 19.4. The molecule has 0 heterocycles. The molecule has 2 N–H and O–H groups in total. The van der Waals surface area contributed by atoms with Crippen molar-refractivity contribution in [3.8, 4) is 5.75 Å². The Morgan fingerprint density at radius 1 is 1.22 bits per heavy atom. The second kappa shape index (κ2) is 9.46. The van der Waals surface area contributed by atoms with Crippen molar-refractivity contribution < 1.29 is 27.4 Å². The summed E-state index contributed by atoms with van der Waals surface area (Å²) in [6, 6.07) is 6.59. The van der Waals surface area contributed by atoms with E-state index in [-0.39, 0.29) is 24.7 Å². The van der Waals surface area contributed by atoms with Crippen LogP contribution in [0.4, 0.5) is 0 Å². The van der Waals surface area contributed by atoms with Gasteiger partial charge in [0.15, 0.2) is 6.29 Å². The lowest BCUT2D eigenvalue weighted by Crippen LogP contribution is -2.38. The summed E-state index contributed by atoms with van der Waals surface area (Å²) in [6.07, 6.45) is -0.656. The molecule has 0 aliphatic carbocycles. The Labute approximate surface area is 136 Å². The van der Waals surface area contributed by atoms with Gasteiger partial charge in [-0.2, -0.15) is 0 Å². The normalized spacial score (nSPS) is 11.5. The van der Waals surface area contributed by atoms with Crippen LogP contribution in [0.1, 0.15) is 10.4 Å². The van der Waals surface area contributed by atoms with Gasteiger partial charge in [0.05, 0.1) is 19.4 Å². The minimum atomic E-state index is -3.54. The fourth-order valence-corrected chi connectivity index (χ4v) is 2.60. The van der Waals surface area contributed by atoms with E-state index in [0.717, 1.165) is 0 Å². The summed E-state index contributed by atoms with van der Waals surface area (Å²) < 4.78 is 40.7. The third-order valence-corrected chi connectivity index (χ3v) is 4.33. The van der Waals surface area contributed by atoms with E-state index in [2.05, 4.69) is 10.0 Å². The van der Waals surface area contributed by atoms with Crippen LogP contribution in [0.25, 0.3) is 0 Å². The number of ether oxygens (including phenoxy) is 3. The van der Waals surface area contributed by atoms with Gasteiger partial charge in [0.2, 0.25) is 10.0 Å². The molecule has 1 rings (SSSR count). The van der Waals surface area contributed by atoms with Crippen LogP contribution in [0.5, 0.6) is 5.75 Å². The van der Waals surface area contributed by atoms with Crippen LogP contribution in [0.2, 0.25) is 0 Å². The number of hydrogen-bond acceptors (Lipinski definition) is 6. The van der Waals surface area contributed by atoms with Gasteiger partial charge in [0.25, 0.3) is 5.91 Å². The number of carbonyl (C=O) groups is 1. The topological polar surface area (TPSA) is 103 Å². The summed E-state index contributed by atoms with van der Waals surface area (Å²) >= 11 is 0. The van der Waals surface area contributed by atoms with Gasteiger partial charge >= 0.3 is 0 Å². The molecule has 23 heavy (non-hydrogen) atoms. The number of sulfonamides is 1. The lowest BCUT2D eigenvalue weighted by atomic mass is 10.2. The lowest BCUT2D eigenvalue weighted by molar-refractivity contribution is -0.0960. The fraction of sp³-hybridized carbons (Fsp3) is 0.500. The second-order valence-electron chi connectivity index (χ2n) is 4.56. The number of amides is 1. The van der Waals surface area contributed by atoms with Gasteiger partial charge in [-0.1, -0.05) is 6.07 Å². The molecule has 8 nitrogen and oxygen atoms in total. The van der Waals surface area contributed by atoms with E-state index in [1.54, 1.807) is 24.3 Å². The van der Waals surface area contributed by atoms with Crippen molar-refractivity contribution in [1.82, 2.24) is 10.0 Å². The van der Waals surface area contributed by atoms with Crippen LogP contribution in [-0.2, 0) is 19.5 Å².